The van der Waals surface area contributed by atoms with Crippen LogP contribution in [0.5, 0.6) is 0 Å². The van der Waals surface area contributed by atoms with Crippen LogP contribution in [0, 0.1) is 23.1 Å². The Morgan fingerprint density at radius 3 is 3.11 bits per heavy atom. The average Bonchev–Trinajstić information content (AvgIpc) is 2.80. The lowest BCUT2D eigenvalue weighted by molar-refractivity contribution is 0.152. The number of halogens is 1. The normalized spacial score (nSPS) is 19.9. The largest absolute Gasteiger partial charge is 0.384 e. The molecule has 1 fully saturated rings. The van der Waals surface area contributed by atoms with Crippen molar-refractivity contribution in [3.63, 3.8) is 0 Å². The molecule has 96 valence electrons. The number of hydrogen-bond acceptors (Lipinski definition) is 3. The fourth-order valence-electron chi connectivity index (χ4n) is 2.43. The van der Waals surface area contributed by atoms with Crippen LogP contribution in [0.2, 0.25) is 0 Å². The lowest BCUT2D eigenvalue weighted by atomic mass is 10.1. The van der Waals surface area contributed by atoms with Gasteiger partial charge in [-0.15, -0.1) is 0 Å². The van der Waals surface area contributed by atoms with Gasteiger partial charge in [-0.2, -0.15) is 5.26 Å². The third-order valence-electron chi connectivity index (χ3n) is 3.34. The second-order valence-corrected chi connectivity index (χ2v) is 4.76. The molecular formula is C14H17FN2O. The number of hydrogen-bond donors (Lipinski definition) is 0. The Bertz CT molecular complexity index is 456. The van der Waals surface area contributed by atoms with E-state index in [1.165, 1.54) is 12.1 Å². The first kappa shape index (κ1) is 13.0. The maximum absolute atomic E-state index is 13.6. The summed E-state index contributed by atoms with van der Waals surface area (Å²) in [6.07, 6.45) is 1.09. The molecule has 0 radical (unpaired) electrons. The summed E-state index contributed by atoms with van der Waals surface area (Å²) >= 11 is 0. The summed E-state index contributed by atoms with van der Waals surface area (Å²) in [6, 6.07) is 6.56. The van der Waals surface area contributed by atoms with E-state index in [9.17, 15) is 4.39 Å². The summed E-state index contributed by atoms with van der Waals surface area (Å²) in [7, 11) is 1.71. The predicted octanol–water partition coefficient (Wildman–Crippen LogP) is 2.17. The Morgan fingerprint density at radius 2 is 2.39 bits per heavy atom. The molecule has 1 aromatic carbocycles. The van der Waals surface area contributed by atoms with Gasteiger partial charge in [-0.25, -0.2) is 4.39 Å². The molecule has 1 aliphatic heterocycles. The van der Waals surface area contributed by atoms with Crippen molar-refractivity contribution < 1.29 is 9.13 Å². The first-order chi connectivity index (χ1) is 8.72. The van der Waals surface area contributed by atoms with Crippen molar-refractivity contribution in [3.05, 3.63) is 35.1 Å². The van der Waals surface area contributed by atoms with Crippen LogP contribution in [0.1, 0.15) is 17.5 Å². The van der Waals surface area contributed by atoms with Crippen LogP contribution in [0.4, 0.5) is 4.39 Å². The number of rotatable bonds is 4. The van der Waals surface area contributed by atoms with Crippen molar-refractivity contribution in [2.45, 2.75) is 13.0 Å². The molecule has 1 unspecified atom stereocenters. The van der Waals surface area contributed by atoms with Gasteiger partial charge in [0.1, 0.15) is 5.82 Å². The molecule has 0 N–H and O–H groups in total. The van der Waals surface area contributed by atoms with E-state index in [2.05, 4.69) is 4.90 Å². The number of nitrogens with zero attached hydrogens (tertiary/aromatic N) is 2. The number of nitriles is 1. The maximum atomic E-state index is 13.6. The summed E-state index contributed by atoms with van der Waals surface area (Å²) in [5.74, 6) is 0.307. The maximum Gasteiger partial charge on any atom is 0.127 e. The zero-order valence-electron chi connectivity index (χ0n) is 10.5. The monoisotopic (exact) mass is 248 g/mol. The Morgan fingerprint density at radius 1 is 1.56 bits per heavy atom. The minimum Gasteiger partial charge on any atom is -0.384 e. The molecule has 3 nitrogen and oxygen atoms in total. The summed E-state index contributed by atoms with van der Waals surface area (Å²) in [4.78, 5) is 2.21. The van der Waals surface area contributed by atoms with Crippen LogP contribution in [0.15, 0.2) is 18.2 Å². The average molecular weight is 248 g/mol. The molecule has 0 saturated carbocycles. The standard InChI is InChI=1S/C14H17FN2O/c1-18-10-12-4-5-17(8-12)9-13-6-11(7-16)2-3-14(13)15/h2-3,6,12H,4-5,8-10H2,1H3. The smallest absolute Gasteiger partial charge is 0.127 e. The second kappa shape index (κ2) is 5.94. The minimum absolute atomic E-state index is 0.232. The van der Waals surface area contributed by atoms with Gasteiger partial charge in [0.25, 0.3) is 0 Å². The third kappa shape index (κ3) is 3.06. The Kier molecular flexibility index (Phi) is 4.29. The first-order valence-corrected chi connectivity index (χ1v) is 6.12. The van der Waals surface area contributed by atoms with Gasteiger partial charge in [0.05, 0.1) is 18.2 Å². The van der Waals surface area contributed by atoms with E-state index in [1.807, 2.05) is 6.07 Å². The van der Waals surface area contributed by atoms with Crippen molar-refractivity contribution in [1.82, 2.24) is 4.90 Å². The highest BCUT2D eigenvalue weighted by Crippen LogP contribution is 2.20. The van der Waals surface area contributed by atoms with Gasteiger partial charge in [0.15, 0.2) is 0 Å². The van der Waals surface area contributed by atoms with E-state index in [0.717, 1.165) is 26.1 Å². The predicted molar refractivity (Wildman–Crippen MR) is 66.4 cm³/mol. The fourth-order valence-corrected chi connectivity index (χ4v) is 2.43. The molecule has 0 spiro atoms. The van der Waals surface area contributed by atoms with Gasteiger partial charge in [-0.1, -0.05) is 0 Å². The molecular weight excluding hydrogens is 231 g/mol. The number of benzene rings is 1. The summed E-state index contributed by atoms with van der Waals surface area (Å²) in [6.45, 7) is 3.23. The van der Waals surface area contributed by atoms with Crippen LogP contribution < -0.4 is 0 Å². The minimum atomic E-state index is -0.232. The molecule has 0 aliphatic carbocycles. The van der Waals surface area contributed by atoms with Crippen molar-refractivity contribution in [2.75, 3.05) is 26.8 Å². The molecule has 1 saturated heterocycles. The molecule has 2 rings (SSSR count). The van der Waals surface area contributed by atoms with Crippen molar-refractivity contribution in [2.24, 2.45) is 5.92 Å². The Balaban J connectivity index is 2.00. The van der Waals surface area contributed by atoms with Crippen LogP contribution in [-0.4, -0.2) is 31.7 Å². The molecule has 1 aliphatic rings. The van der Waals surface area contributed by atoms with Crippen molar-refractivity contribution >= 4 is 0 Å². The van der Waals surface area contributed by atoms with Gasteiger partial charge in [-0.3, -0.25) is 4.90 Å². The lowest BCUT2D eigenvalue weighted by Crippen LogP contribution is -2.22. The number of ether oxygens (including phenoxy) is 1. The highest BCUT2D eigenvalue weighted by Gasteiger charge is 2.23. The van der Waals surface area contributed by atoms with Gasteiger partial charge in [-0.05, 0) is 37.1 Å². The zero-order valence-corrected chi connectivity index (χ0v) is 10.5. The summed E-state index contributed by atoms with van der Waals surface area (Å²) in [5, 5.41) is 8.82. The molecule has 4 heteroatoms. The van der Waals surface area contributed by atoms with Crippen LogP contribution in [-0.2, 0) is 11.3 Å². The molecule has 1 atom stereocenters. The summed E-state index contributed by atoms with van der Waals surface area (Å²) in [5.41, 5.74) is 1.12. The topological polar surface area (TPSA) is 36.3 Å². The zero-order chi connectivity index (χ0) is 13.0. The van der Waals surface area contributed by atoms with E-state index in [4.69, 9.17) is 10.00 Å². The van der Waals surface area contributed by atoms with Gasteiger partial charge >= 0.3 is 0 Å². The second-order valence-electron chi connectivity index (χ2n) is 4.76. The van der Waals surface area contributed by atoms with E-state index in [0.29, 0.717) is 23.6 Å². The molecule has 1 heterocycles. The van der Waals surface area contributed by atoms with E-state index < -0.39 is 0 Å². The molecule has 1 aromatic rings. The number of methoxy groups -OCH3 is 1. The quantitative estimate of drug-likeness (QED) is 0.819. The lowest BCUT2D eigenvalue weighted by Gasteiger charge is -2.16. The molecule has 18 heavy (non-hydrogen) atoms. The fraction of sp³-hybridized carbons (Fsp3) is 0.500. The van der Waals surface area contributed by atoms with E-state index in [1.54, 1.807) is 13.2 Å². The highest BCUT2D eigenvalue weighted by atomic mass is 19.1. The van der Waals surface area contributed by atoms with Crippen molar-refractivity contribution in [1.29, 1.82) is 5.26 Å². The van der Waals surface area contributed by atoms with Gasteiger partial charge in [0.2, 0.25) is 0 Å². The van der Waals surface area contributed by atoms with Gasteiger partial charge < -0.3 is 4.74 Å². The van der Waals surface area contributed by atoms with E-state index >= 15 is 0 Å². The van der Waals surface area contributed by atoms with E-state index in [-0.39, 0.29) is 5.82 Å². The van der Waals surface area contributed by atoms with Crippen LogP contribution in [0.25, 0.3) is 0 Å². The van der Waals surface area contributed by atoms with Gasteiger partial charge in [0, 0.05) is 25.8 Å². The van der Waals surface area contributed by atoms with Crippen LogP contribution in [0.3, 0.4) is 0 Å². The first-order valence-electron chi connectivity index (χ1n) is 6.12. The molecule has 0 amide bonds. The van der Waals surface area contributed by atoms with Crippen LogP contribution >= 0.6 is 0 Å². The SMILES string of the molecule is COCC1CCN(Cc2cc(C#N)ccc2F)C1. The van der Waals surface area contributed by atoms with Crippen molar-refractivity contribution in [3.8, 4) is 6.07 Å². The Labute approximate surface area is 107 Å². The Hall–Kier alpha value is -1.44. The highest BCUT2D eigenvalue weighted by molar-refractivity contribution is 5.33. The molecule has 0 bridgehead atoms. The summed E-state index contributed by atoms with van der Waals surface area (Å²) < 4.78 is 18.8. The number of likely N-dealkylation sites (tertiary alicyclic amines) is 1. The third-order valence-corrected chi connectivity index (χ3v) is 3.34. The molecule has 0 aromatic heterocycles.